The van der Waals surface area contributed by atoms with Gasteiger partial charge in [0.2, 0.25) is 0 Å². The van der Waals surface area contributed by atoms with Crippen LogP contribution in [0.5, 0.6) is 0 Å². The van der Waals surface area contributed by atoms with Gasteiger partial charge in [-0.1, -0.05) is 50.2 Å². The number of hydrogen-bond acceptors (Lipinski definition) is 2. The van der Waals surface area contributed by atoms with Crippen LogP contribution in [0.4, 0.5) is 4.39 Å². The van der Waals surface area contributed by atoms with Crippen LogP contribution in [0.15, 0.2) is 48.5 Å². The van der Waals surface area contributed by atoms with Gasteiger partial charge >= 0.3 is 0 Å². The molecular formula is C24H24FNO. The number of hydrogen-bond donors (Lipinski definition) is 1. The molecule has 1 N–H and O–H groups in total. The van der Waals surface area contributed by atoms with Gasteiger partial charge in [0.25, 0.3) is 0 Å². The number of aliphatic hydroxyl groups is 1. The molecule has 0 saturated heterocycles. The van der Waals surface area contributed by atoms with Gasteiger partial charge in [-0.25, -0.2) is 4.39 Å². The van der Waals surface area contributed by atoms with Gasteiger partial charge < -0.3 is 5.11 Å². The Bertz CT molecular complexity index is 976. The molecule has 138 valence electrons. The highest BCUT2D eigenvalue weighted by atomic mass is 19.1. The number of aromatic nitrogens is 1. The zero-order valence-corrected chi connectivity index (χ0v) is 15.8. The maximum absolute atomic E-state index is 13.5. The summed E-state index contributed by atoms with van der Waals surface area (Å²) in [5.41, 5.74) is 8.73. The molecule has 1 aliphatic carbocycles. The fourth-order valence-electron chi connectivity index (χ4n) is 4.15. The van der Waals surface area contributed by atoms with Gasteiger partial charge in [0, 0.05) is 23.4 Å². The third-order valence-electron chi connectivity index (χ3n) is 5.47. The summed E-state index contributed by atoms with van der Waals surface area (Å²) >= 11 is 0. The number of halogens is 1. The first-order chi connectivity index (χ1) is 13.1. The van der Waals surface area contributed by atoms with Crippen LogP contribution in [0.2, 0.25) is 0 Å². The van der Waals surface area contributed by atoms with Crippen LogP contribution in [-0.2, 0) is 25.9 Å². The Balaban J connectivity index is 2.00. The molecule has 0 atom stereocenters. The monoisotopic (exact) mass is 361 g/mol. The first kappa shape index (κ1) is 17.9. The number of aliphatic hydroxyl groups excluding tert-OH is 1. The van der Waals surface area contributed by atoms with Crippen LogP contribution >= 0.6 is 0 Å². The van der Waals surface area contributed by atoms with Crippen molar-refractivity contribution in [3.05, 3.63) is 88.0 Å². The fourth-order valence-corrected chi connectivity index (χ4v) is 4.15. The summed E-state index contributed by atoms with van der Waals surface area (Å²) in [6.45, 7) is 4.14. The lowest BCUT2D eigenvalue weighted by molar-refractivity contribution is 0.280. The minimum Gasteiger partial charge on any atom is -0.392 e. The van der Waals surface area contributed by atoms with Crippen molar-refractivity contribution >= 4 is 0 Å². The molecule has 0 fully saturated rings. The second kappa shape index (κ2) is 7.24. The smallest absolute Gasteiger partial charge is 0.123 e. The second-order valence-corrected chi connectivity index (χ2v) is 7.54. The van der Waals surface area contributed by atoms with Crippen molar-refractivity contribution in [2.75, 3.05) is 0 Å². The molecule has 2 nitrogen and oxygen atoms in total. The first-order valence-corrected chi connectivity index (χ1v) is 9.56. The highest BCUT2D eigenvalue weighted by Crippen LogP contribution is 2.37. The lowest BCUT2D eigenvalue weighted by atomic mass is 9.87. The van der Waals surface area contributed by atoms with Crippen LogP contribution in [0.3, 0.4) is 0 Å². The Kier molecular flexibility index (Phi) is 4.79. The average Bonchev–Trinajstić information content (AvgIpc) is 2.86. The molecule has 0 bridgehead atoms. The molecule has 1 aliphatic rings. The molecule has 0 aliphatic heterocycles. The van der Waals surface area contributed by atoms with E-state index in [2.05, 4.69) is 38.1 Å². The molecule has 27 heavy (non-hydrogen) atoms. The van der Waals surface area contributed by atoms with Crippen molar-refractivity contribution in [1.82, 2.24) is 4.98 Å². The first-order valence-electron chi connectivity index (χ1n) is 9.56. The second-order valence-electron chi connectivity index (χ2n) is 7.54. The van der Waals surface area contributed by atoms with E-state index in [4.69, 9.17) is 4.98 Å². The van der Waals surface area contributed by atoms with Gasteiger partial charge in [-0.15, -0.1) is 0 Å². The van der Waals surface area contributed by atoms with Crippen LogP contribution in [0.25, 0.3) is 11.1 Å². The molecule has 3 heteroatoms. The van der Waals surface area contributed by atoms with E-state index in [-0.39, 0.29) is 18.3 Å². The number of pyridine rings is 1. The maximum Gasteiger partial charge on any atom is 0.123 e. The Labute approximate surface area is 159 Å². The summed E-state index contributed by atoms with van der Waals surface area (Å²) in [5.74, 6) is -0.0406. The minimum absolute atomic E-state index is 0.0673. The maximum atomic E-state index is 13.5. The van der Waals surface area contributed by atoms with Gasteiger partial charge in [0.05, 0.1) is 6.61 Å². The van der Waals surface area contributed by atoms with Gasteiger partial charge in [0.1, 0.15) is 5.82 Å². The quantitative estimate of drug-likeness (QED) is 0.696. The topological polar surface area (TPSA) is 33.1 Å². The molecule has 0 saturated carbocycles. The Morgan fingerprint density at radius 2 is 1.70 bits per heavy atom. The summed E-state index contributed by atoms with van der Waals surface area (Å²) in [4.78, 5) is 5.00. The predicted molar refractivity (Wildman–Crippen MR) is 106 cm³/mol. The largest absolute Gasteiger partial charge is 0.392 e. The molecule has 0 amide bonds. The summed E-state index contributed by atoms with van der Waals surface area (Å²) in [7, 11) is 0. The molecule has 2 aromatic carbocycles. The third-order valence-corrected chi connectivity index (χ3v) is 5.47. The van der Waals surface area contributed by atoms with Crippen molar-refractivity contribution in [2.45, 2.75) is 45.6 Å². The molecule has 3 aromatic rings. The van der Waals surface area contributed by atoms with Crippen molar-refractivity contribution in [2.24, 2.45) is 0 Å². The summed E-state index contributed by atoms with van der Waals surface area (Å²) in [6.07, 6.45) is 2.64. The van der Waals surface area contributed by atoms with E-state index in [0.29, 0.717) is 0 Å². The molecule has 1 heterocycles. The molecular weight excluding hydrogens is 337 g/mol. The number of nitrogens with zero attached hydrogens (tertiary/aromatic N) is 1. The lowest BCUT2D eigenvalue weighted by Gasteiger charge is -2.22. The summed E-state index contributed by atoms with van der Waals surface area (Å²) in [6, 6.07) is 15.1. The molecule has 0 spiro atoms. The van der Waals surface area contributed by atoms with Gasteiger partial charge in [0.15, 0.2) is 0 Å². The van der Waals surface area contributed by atoms with Crippen LogP contribution < -0.4 is 0 Å². The number of fused-ring (bicyclic) bond motifs is 2. The van der Waals surface area contributed by atoms with E-state index in [1.165, 1.54) is 28.8 Å². The van der Waals surface area contributed by atoms with Gasteiger partial charge in [-0.2, -0.15) is 0 Å². The highest BCUT2D eigenvalue weighted by molar-refractivity contribution is 5.74. The van der Waals surface area contributed by atoms with E-state index in [1.54, 1.807) is 0 Å². The van der Waals surface area contributed by atoms with E-state index >= 15 is 0 Å². The standard InChI is InChI=1S/C24H24FNO/c1-15(2)24-21(14-27)23(17-7-10-19(25)11-8-17)20-13-18-6-4-3-5-16(18)9-12-22(20)26-24/h3-8,10-11,15,27H,9,12-14H2,1-2H3. The van der Waals surface area contributed by atoms with Gasteiger partial charge in [-0.3, -0.25) is 4.98 Å². The Morgan fingerprint density at radius 3 is 2.37 bits per heavy atom. The lowest BCUT2D eigenvalue weighted by Crippen LogP contribution is -2.11. The number of rotatable bonds is 3. The van der Waals surface area contributed by atoms with E-state index < -0.39 is 0 Å². The van der Waals surface area contributed by atoms with Crippen molar-refractivity contribution in [3.63, 3.8) is 0 Å². The highest BCUT2D eigenvalue weighted by Gasteiger charge is 2.24. The Morgan fingerprint density at radius 1 is 1.00 bits per heavy atom. The Hall–Kier alpha value is -2.52. The number of aryl methyl sites for hydroxylation is 2. The van der Waals surface area contributed by atoms with Crippen LogP contribution in [0, 0.1) is 5.82 Å². The van der Waals surface area contributed by atoms with Crippen LogP contribution in [-0.4, -0.2) is 10.1 Å². The molecule has 0 radical (unpaired) electrons. The fraction of sp³-hybridized carbons (Fsp3) is 0.292. The van der Waals surface area contributed by atoms with Gasteiger partial charge in [-0.05, 0) is 58.7 Å². The van der Waals surface area contributed by atoms with Crippen molar-refractivity contribution in [3.8, 4) is 11.1 Å². The normalized spacial score (nSPS) is 13.2. The van der Waals surface area contributed by atoms with Crippen molar-refractivity contribution in [1.29, 1.82) is 0 Å². The number of benzene rings is 2. The van der Waals surface area contributed by atoms with E-state index in [0.717, 1.165) is 47.3 Å². The van der Waals surface area contributed by atoms with Crippen molar-refractivity contribution < 1.29 is 9.50 Å². The summed E-state index contributed by atoms with van der Waals surface area (Å²) < 4.78 is 13.5. The third kappa shape index (κ3) is 3.28. The summed E-state index contributed by atoms with van der Waals surface area (Å²) in [5, 5.41) is 10.2. The average molecular weight is 361 g/mol. The predicted octanol–water partition coefficient (Wildman–Crippen LogP) is 5.19. The zero-order chi connectivity index (χ0) is 19.0. The SMILES string of the molecule is CC(C)c1nc2c(c(-c3ccc(F)cc3)c1CO)Cc1ccccc1CC2. The molecule has 4 rings (SSSR count). The van der Waals surface area contributed by atoms with Crippen LogP contribution in [0.1, 0.15) is 53.4 Å². The zero-order valence-electron chi connectivity index (χ0n) is 15.8. The molecule has 0 unspecified atom stereocenters. The van der Waals surface area contributed by atoms with E-state index in [9.17, 15) is 9.50 Å². The minimum atomic E-state index is -0.251. The van der Waals surface area contributed by atoms with E-state index in [1.807, 2.05) is 12.1 Å². The molecule has 1 aromatic heterocycles.